The zero-order valence-electron chi connectivity index (χ0n) is 17.3. The monoisotopic (exact) mass is 516 g/mol. The van der Waals surface area contributed by atoms with Crippen LogP contribution in [-0.4, -0.2) is 53.9 Å². The number of benzene rings is 2. The minimum absolute atomic E-state index is 0. The molecule has 2 aromatic carbocycles. The van der Waals surface area contributed by atoms with E-state index in [4.69, 9.17) is 0 Å². The first-order valence-electron chi connectivity index (χ1n) is 10.1. The van der Waals surface area contributed by atoms with Crippen molar-refractivity contribution < 1.29 is 0 Å². The van der Waals surface area contributed by atoms with E-state index in [2.05, 4.69) is 79.8 Å². The molecule has 0 radical (unpaired) electrons. The smallest absolute Gasteiger partial charge is 0.194 e. The third kappa shape index (κ3) is 5.53. The molecule has 3 aromatic rings. The Hall–Kier alpha value is -2.55. The van der Waals surface area contributed by atoms with Gasteiger partial charge in [0.1, 0.15) is 0 Å². The summed E-state index contributed by atoms with van der Waals surface area (Å²) in [6.45, 7) is 5.45. The van der Waals surface area contributed by atoms with Gasteiger partial charge in [-0.25, -0.2) is 0 Å². The van der Waals surface area contributed by atoms with Gasteiger partial charge in [-0.2, -0.15) is 5.10 Å². The van der Waals surface area contributed by atoms with Gasteiger partial charge in [-0.15, -0.1) is 24.0 Å². The molecular formula is C23H29IN6. The summed E-state index contributed by atoms with van der Waals surface area (Å²) in [5.74, 6) is 0.964. The summed E-state index contributed by atoms with van der Waals surface area (Å²) in [4.78, 5) is 9.30. The average molecular weight is 516 g/mol. The van der Waals surface area contributed by atoms with E-state index in [9.17, 15) is 0 Å². The normalized spacial score (nSPS) is 14.4. The Bertz CT molecular complexity index is 918. The van der Waals surface area contributed by atoms with Crippen LogP contribution in [0.4, 0.5) is 5.69 Å². The first-order chi connectivity index (χ1) is 14.3. The summed E-state index contributed by atoms with van der Waals surface area (Å²) >= 11 is 0. The number of nitrogens with zero attached hydrogens (tertiary/aromatic N) is 5. The molecule has 158 valence electrons. The lowest BCUT2D eigenvalue weighted by atomic mass is 10.1. The number of anilines is 1. The Balaban J connectivity index is 0.00000256. The number of hydrogen-bond acceptors (Lipinski definition) is 3. The number of piperazine rings is 1. The Morgan fingerprint density at radius 3 is 2.30 bits per heavy atom. The summed E-state index contributed by atoms with van der Waals surface area (Å²) in [5.41, 5.74) is 3.84. The molecule has 0 aliphatic carbocycles. The fourth-order valence-corrected chi connectivity index (χ4v) is 3.77. The Morgan fingerprint density at radius 1 is 0.933 bits per heavy atom. The molecule has 30 heavy (non-hydrogen) atoms. The molecule has 1 N–H and O–H groups in total. The van der Waals surface area contributed by atoms with Crippen LogP contribution in [0.5, 0.6) is 0 Å². The lowest BCUT2D eigenvalue weighted by Crippen LogP contribution is -2.52. The SMILES string of the molecule is CN=C(NCc1ccccc1Cn1cccn1)N1CCN(c2ccccc2)CC1.I. The zero-order chi connectivity index (χ0) is 19.9. The molecule has 1 aliphatic heterocycles. The second-order valence-corrected chi connectivity index (χ2v) is 7.18. The summed E-state index contributed by atoms with van der Waals surface area (Å²) in [5, 5.41) is 7.89. The molecule has 0 atom stereocenters. The second-order valence-electron chi connectivity index (χ2n) is 7.18. The van der Waals surface area contributed by atoms with Crippen LogP contribution in [0.15, 0.2) is 78.0 Å². The van der Waals surface area contributed by atoms with Crippen LogP contribution in [0.25, 0.3) is 0 Å². The van der Waals surface area contributed by atoms with Gasteiger partial charge in [0.2, 0.25) is 0 Å². The number of nitrogens with one attached hydrogen (secondary N) is 1. The van der Waals surface area contributed by atoms with Crippen molar-refractivity contribution in [1.82, 2.24) is 20.0 Å². The van der Waals surface area contributed by atoms with Crippen molar-refractivity contribution in [2.45, 2.75) is 13.1 Å². The fraction of sp³-hybridized carbons (Fsp3) is 0.304. The number of para-hydroxylation sites is 1. The Morgan fingerprint density at radius 2 is 1.63 bits per heavy atom. The van der Waals surface area contributed by atoms with Crippen molar-refractivity contribution in [3.05, 3.63) is 84.2 Å². The summed E-state index contributed by atoms with van der Waals surface area (Å²) < 4.78 is 1.95. The van der Waals surface area contributed by atoms with Crippen LogP contribution >= 0.6 is 24.0 Å². The van der Waals surface area contributed by atoms with Gasteiger partial charge in [-0.1, -0.05) is 42.5 Å². The maximum Gasteiger partial charge on any atom is 0.194 e. The van der Waals surface area contributed by atoms with E-state index in [1.165, 1.54) is 16.8 Å². The lowest BCUT2D eigenvalue weighted by molar-refractivity contribution is 0.372. The fourth-order valence-electron chi connectivity index (χ4n) is 3.77. The van der Waals surface area contributed by atoms with E-state index in [-0.39, 0.29) is 24.0 Å². The van der Waals surface area contributed by atoms with Crippen molar-refractivity contribution in [3.63, 3.8) is 0 Å². The van der Waals surface area contributed by atoms with Gasteiger partial charge >= 0.3 is 0 Å². The van der Waals surface area contributed by atoms with Crippen molar-refractivity contribution >= 4 is 35.6 Å². The number of aromatic nitrogens is 2. The third-order valence-corrected chi connectivity index (χ3v) is 5.36. The molecule has 0 spiro atoms. The minimum atomic E-state index is 0. The molecule has 0 saturated carbocycles. The van der Waals surface area contributed by atoms with Gasteiger partial charge in [0, 0.05) is 57.9 Å². The summed E-state index contributed by atoms with van der Waals surface area (Å²) in [6.07, 6.45) is 3.81. The highest BCUT2D eigenvalue weighted by Gasteiger charge is 2.19. The molecule has 4 rings (SSSR count). The molecule has 0 amide bonds. The highest BCUT2D eigenvalue weighted by atomic mass is 127. The number of hydrogen-bond donors (Lipinski definition) is 1. The summed E-state index contributed by atoms with van der Waals surface area (Å²) in [6, 6.07) is 21.1. The van der Waals surface area contributed by atoms with Crippen LogP contribution in [-0.2, 0) is 13.1 Å². The maximum atomic E-state index is 4.53. The molecule has 7 heteroatoms. The largest absolute Gasteiger partial charge is 0.368 e. The molecule has 0 unspecified atom stereocenters. The van der Waals surface area contributed by atoms with Crippen molar-refractivity contribution in [3.8, 4) is 0 Å². The van der Waals surface area contributed by atoms with Crippen molar-refractivity contribution in [2.75, 3.05) is 38.1 Å². The highest BCUT2D eigenvalue weighted by Crippen LogP contribution is 2.16. The van der Waals surface area contributed by atoms with Gasteiger partial charge in [-0.05, 0) is 29.3 Å². The number of guanidine groups is 1. The van der Waals surface area contributed by atoms with Crippen LogP contribution < -0.4 is 10.2 Å². The minimum Gasteiger partial charge on any atom is -0.368 e. The quantitative estimate of drug-likeness (QED) is 0.321. The van der Waals surface area contributed by atoms with Gasteiger partial charge in [0.25, 0.3) is 0 Å². The lowest BCUT2D eigenvalue weighted by Gasteiger charge is -2.37. The van der Waals surface area contributed by atoms with Crippen LogP contribution in [0.1, 0.15) is 11.1 Å². The number of halogens is 1. The van der Waals surface area contributed by atoms with Crippen molar-refractivity contribution in [1.29, 1.82) is 0 Å². The van der Waals surface area contributed by atoms with Crippen LogP contribution in [0.3, 0.4) is 0 Å². The standard InChI is InChI=1S/C23H28N6.HI/c1-24-23(28-16-14-27(15-17-28)22-10-3-2-4-11-22)25-18-20-8-5-6-9-21(20)19-29-13-7-12-26-29;/h2-13H,14-19H2,1H3,(H,24,25);1H. The second kappa shape index (κ2) is 11.0. The first kappa shape index (κ1) is 22.1. The Labute approximate surface area is 195 Å². The predicted octanol–water partition coefficient (Wildman–Crippen LogP) is 3.45. The predicted molar refractivity (Wildman–Crippen MR) is 134 cm³/mol. The maximum absolute atomic E-state index is 4.53. The zero-order valence-corrected chi connectivity index (χ0v) is 19.6. The van der Waals surface area contributed by atoms with E-state index in [0.717, 1.165) is 45.2 Å². The van der Waals surface area contributed by atoms with Crippen molar-refractivity contribution in [2.24, 2.45) is 4.99 Å². The molecule has 1 saturated heterocycles. The van der Waals surface area contributed by atoms with Crippen LogP contribution in [0, 0.1) is 0 Å². The molecular weight excluding hydrogens is 487 g/mol. The third-order valence-electron chi connectivity index (χ3n) is 5.36. The number of rotatable bonds is 5. The molecule has 0 bridgehead atoms. The van der Waals surface area contributed by atoms with Gasteiger partial charge in [-0.3, -0.25) is 9.67 Å². The molecule has 1 aromatic heterocycles. The molecule has 6 nitrogen and oxygen atoms in total. The molecule has 2 heterocycles. The van der Waals surface area contributed by atoms with Gasteiger partial charge in [0.15, 0.2) is 5.96 Å². The van der Waals surface area contributed by atoms with Gasteiger partial charge < -0.3 is 15.1 Å². The number of aliphatic imine (C=N–C) groups is 1. The highest BCUT2D eigenvalue weighted by molar-refractivity contribution is 14.0. The van der Waals surface area contributed by atoms with E-state index >= 15 is 0 Å². The van der Waals surface area contributed by atoms with E-state index in [0.29, 0.717) is 0 Å². The Kier molecular flexibility index (Phi) is 8.12. The summed E-state index contributed by atoms with van der Waals surface area (Å²) in [7, 11) is 1.86. The van der Waals surface area contributed by atoms with Crippen LogP contribution in [0.2, 0.25) is 0 Å². The van der Waals surface area contributed by atoms with E-state index in [1.54, 1.807) is 0 Å². The molecule has 1 fully saturated rings. The van der Waals surface area contributed by atoms with Gasteiger partial charge in [0.05, 0.1) is 6.54 Å². The van der Waals surface area contributed by atoms with E-state index in [1.807, 2.05) is 30.2 Å². The topological polar surface area (TPSA) is 48.7 Å². The first-order valence-corrected chi connectivity index (χ1v) is 10.1. The molecule has 1 aliphatic rings. The average Bonchev–Trinajstić information content (AvgIpc) is 3.29. The van der Waals surface area contributed by atoms with E-state index < -0.39 is 0 Å².